The molecule has 1 N–H and O–H groups in total. The van der Waals surface area contributed by atoms with Crippen molar-refractivity contribution in [1.29, 1.82) is 0 Å². The van der Waals surface area contributed by atoms with Gasteiger partial charge in [0.1, 0.15) is 0 Å². The average molecular weight is 266 g/mol. The number of aromatic nitrogens is 2. The third-order valence-electron chi connectivity index (χ3n) is 3.89. The van der Waals surface area contributed by atoms with Crippen LogP contribution in [0.2, 0.25) is 0 Å². The maximum atomic E-state index is 9.02. The van der Waals surface area contributed by atoms with E-state index in [1.165, 1.54) is 12.8 Å². The Hall–Kier alpha value is -0.910. The van der Waals surface area contributed by atoms with Crippen LogP contribution in [0.5, 0.6) is 0 Å². The van der Waals surface area contributed by atoms with Crippen LogP contribution in [0, 0.1) is 5.92 Å². The Bertz CT molecular complexity index is 339. The zero-order valence-corrected chi connectivity index (χ0v) is 11.9. The van der Waals surface area contributed by atoms with Crippen LogP contribution in [0.1, 0.15) is 12.8 Å². The number of hydrogen-bond acceptors (Lipinski definition) is 4. The summed E-state index contributed by atoms with van der Waals surface area (Å²) in [6, 6.07) is 0. The molecule has 1 aromatic rings. The third-order valence-corrected chi connectivity index (χ3v) is 3.89. The molecule has 19 heavy (non-hydrogen) atoms. The van der Waals surface area contributed by atoms with Gasteiger partial charge in [0.2, 0.25) is 0 Å². The molecule has 0 bridgehead atoms. The first-order valence-corrected chi connectivity index (χ1v) is 7.25. The van der Waals surface area contributed by atoms with Gasteiger partial charge in [0.05, 0.1) is 12.9 Å². The van der Waals surface area contributed by atoms with Crippen molar-refractivity contribution in [2.45, 2.75) is 19.4 Å². The molecule has 5 heteroatoms. The maximum Gasteiger partial charge on any atom is 0.0946 e. The highest BCUT2D eigenvalue weighted by molar-refractivity contribution is 4.77. The topological polar surface area (TPSA) is 44.5 Å². The van der Waals surface area contributed by atoms with E-state index in [-0.39, 0.29) is 6.61 Å². The van der Waals surface area contributed by atoms with Gasteiger partial charge in [-0.2, -0.15) is 0 Å². The van der Waals surface area contributed by atoms with Crippen LogP contribution in [0.25, 0.3) is 0 Å². The molecule has 0 saturated carbocycles. The Morgan fingerprint density at radius 1 is 1.42 bits per heavy atom. The van der Waals surface area contributed by atoms with E-state index in [1.807, 2.05) is 18.7 Å². The molecule has 0 aliphatic carbocycles. The van der Waals surface area contributed by atoms with Crippen LogP contribution in [0.15, 0.2) is 18.7 Å². The summed E-state index contributed by atoms with van der Waals surface area (Å²) in [4.78, 5) is 8.86. The van der Waals surface area contributed by atoms with E-state index in [9.17, 15) is 0 Å². The lowest BCUT2D eigenvalue weighted by Crippen LogP contribution is -2.41. The Kier molecular flexibility index (Phi) is 5.82. The molecule has 2 heterocycles. The van der Waals surface area contributed by atoms with Crippen LogP contribution >= 0.6 is 0 Å². The van der Waals surface area contributed by atoms with Gasteiger partial charge in [0, 0.05) is 45.1 Å². The van der Waals surface area contributed by atoms with E-state index in [2.05, 4.69) is 26.4 Å². The normalized spacial score (nSPS) is 21.1. The number of rotatable bonds is 7. The summed E-state index contributed by atoms with van der Waals surface area (Å²) < 4.78 is 2.12. The summed E-state index contributed by atoms with van der Waals surface area (Å²) in [6.45, 7) is 6.61. The number of hydrogen-bond donors (Lipinski definition) is 1. The lowest BCUT2D eigenvalue weighted by Gasteiger charge is -2.34. The van der Waals surface area contributed by atoms with Crippen molar-refractivity contribution in [3.63, 3.8) is 0 Å². The second kappa shape index (κ2) is 7.62. The Balaban J connectivity index is 1.67. The molecular formula is C14H26N4O. The summed E-state index contributed by atoms with van der Waals surface area (Å²) in [7, 11) is 2.20. The highest BCUT2D eigenvalue weighted by atomic mass is 16.3. The molecule has 1 saturated heterocycles. The second-order valence-corrected chi connectivity index (χ2v) is 5.60. The molecule has 0 spiro atoms. The first kappa shape index (κ1) is 14.5. The number of imidazole rings is 1. The van der Waals surface area contributed by atoms with E-state index >= 15 is 0 Å². The summed E-state index contributed by atoms with van der Waals surface area (Å²) in [5.41, 5.74) is 0. The number of β-amino-alcohol motifs (C(OH)–C–C–N with tert-alkyl or cyclic N) is 1. The van der Waals surface area contributed by atoms with Crippen molar-refractivity contribution in [2.75, 3.05) is 46.4 Å². The van der Waals surface area contributed by atoms with Crippen molar-refractivity contribution >= 4 is 0 Å². The predicted molar refractivity (Wildman–Crippen MR) is 76.0 cm³/mol. The van der Waals surface area contributed by atoms with Crippen LogP contribution in [-0.2, 0) is 6.54 Å². The molecule has 0 aromatic carbocycles. The zero-order chi connectivity index (χ0) is 13.5. The number of nitrogens with zero attached hydrogens (tertiary/aromatic N) is 4. The molecule has 1 aliphatic rings. The molecule has 1 fully saturated rings. The summed E-state index contributed by atoms with van der Waals surface area (Å²) in [5.74, 6) is 0.744. The van der Waals surface area contributed by atoms with E-state index < -0.39 is 0 Å². The number of likely N-dealkylation sites (N-methyl/N-ethyl adjacent to an activating group) is 1. The minimum atomic E-state index is 0.281. The van der Waals surface area contributed by atoms with Gasteiger partial charge in [-0.05, 0) is 32.4 Å². The van der Waals surface area contributed by atoms with Gasteiger partial charge in [0.25, 0.3) is 0 Å². The summed E-state index contributed by atoms with van der Waals surface area (Å²) in [6.07, 6.45) is 8.29. The van der Waals surface area contributed by atoms with E-state index in [0.717, 1.165) is 45.2 Å². The number of aliphatic hydroxyl groups is 1. The molecule has 1 atom stereocenters. The van der Waals surface area contributed by atoms with Crippen LogP contribution in [0.3, 0.4) is 0 Å². The quantitative estimate of drug-likeness (QED) is 0.781. The van der Waals surface area contributed by atoms with E-state index in [4.69, 9.17) is 5.11 Å². The van der Waals surface area contributed by atoms with Gasteiger partial charge in [-0.15, -0.1) is 0 Å². The molecular weight excluding hydrogens is 240 g/mol. The molecule has 1 aliphatic heterocycles. The zero-order valence-electron chi connectivity index (χ0n) is 11.9. The minimum absolute atomic E-state index is 0.281. The Labute approximate surface area is 115 Å². The fraction of sp³-hybridized carbons (Fsp3) is 0.786. The van der Waals surface area contributed by atoms with Gasteiger partial charge in [0.15, 0.2) is 0 Å². The smallest absolute Gasteiger partial charge is 0.0946 e. The Morgan fingerprint density at radius 3 is 3.05 bits per heavy atom. The fourth-order valence-corrected chi connectivity index (χ4v) is 2.88. The van der Waals surface area contributed by atoms with Crippen molar-refractivity contribution in [3.05, 3.63) is 18.7 Å². The van der Waals surface area contributed by atoms with Crippen molar-refractivity contribution < 1.29 is 5.11 Å². The van der Waals surface area contributed by atoms with Gasteiger partial charge in [-0.3, -0.25) is 0 Å². The van der Waals surface area contributed by atoms with Crippen LogP contribution in [-0.4, -0.2) is 70.8 Å². The van der Waals surface area contributed by atoms with Crippen molar-refractivity contribution in [1.82, 2.24) is 19.4 Å². The number of likely N-dealkylation sites (tertiary alicyclic amines) is 1. The summed E-state index contributed by atoms with van der Waals surface area (Å²) >= 11 is 0. The third kappa shape index (κ3) is 4.93. The fourth-order valence-electron chi connectivity index (χ4n) is 2.88. The number of piperidine rings is 1. The molecule has 108 valence electrons. The minimum Gasteiger partial charge on any atom is -0.395 e. The van der Waals surface area contributed by atoms with Crippen molar-refractivity contribution in [3.8, 4) is 0 Å². The van der Waals surface area contributed by atoms with E-state index in [0.29, 0.717) is 0 Å². The SMILES string of the molecule is CN(CCn1ccnc1)CC1CCCN(CCO)C1. The lowest BCUT2D eigenvalue weighted by molar-refractivity contribution is 0.120. The van der Waals surface area contributed by atoms with Gasteiger partial charge >= 0.3 is 0 Å². The highest BCUT2D eigenvalue weighted by Crippen LogP contribution is 2.16. The van der Waals surface area contributed by atoms with Crippen molar-refractivity contribution in [2.24, 2.45) is 5.92 Å². The van der Waals surface area contributed by atoms with Gasteiger partial charge in [-0.25, -0.2) is 4.98 Å². The first-order valence-electron chi connectivity index (χ1n) is 7.25. The molecule has 1 unspecified atom stereocenters. The standard InChI is InChI=1S/C14H26N4O/c1-16(7-8-18-6-4-15-13-18)11-14-3-2-5-17(12-14)9-10-19/h4,6,13-14,19H,2-3,5,7-12H2,1H3. The molecule has 1 aromatic heterocycles. The first-order chi connectivity index (χ1) is 9.28. The molecule has 0 radical (unpaired) electrons. The molecule has 5 nitrogen and oxygen atoms in total. The molecule has 2 rings (SSSR count). The summed E-state index contributed by atoms with van der Waals surface area (Å²) in [5, 5.41) is 9.02. The maximum absolute atomic E-state index is 9.02. The average Bonchev–Trinajstić information content (AvgIpc) is 2.90. The monoisotopic (exact) mass is 266 g/mol. The highest BCUT2D eigenvalue weighted by Gasteiger charge is 2.20. The lowest BCUT2D eigenvalue weighted by atomic mass is 9.97. The second-order valence-electron chi connectivity index (χ2n) is 5.60. The van der Waals surface area contributed by atoms with Crippen LogP contribution < -0.4 is 0 Å². The van der Waals surface area contributed by atoms with Gasteiger partial charge < -0.3 is 19.5 Å². The number of aliphatic hydroxyl groups excluding tert-OH is 1. The Morgan fingerprint density at radius 2 is 2.32 bits per heavy atom. The van der Waals surface area contributed by atoms with Gasteiger partial charge in [-0.1, -0.05) is 0 Å². The molecule has 0 amide bonds. The van der Waals surface area contributed by atoms with E-state index in [1.54, 1.807) is 0 Å². The largest absolute Gasteiger partial charge is 0.395 e. The van der Waals surface area contributed by atoms with Crippen LogP contribution in [0.4, 0.5) is 0 Å². The predicted octanol–water partition coefficient (Wildman–Crippen LogP) is 0.519.